The molecule has 1 amide bonds. The highest BCUT2D eigenvalue weighted by molar-refractivity contribution is 7.88. The van der Waals surface area contributed by atoms with E-state index < -0.39 is 10.0 Å². The quantitative estimate of drug-likeness (QED) is 0.726. The van der Waals surface area contributed by atoms with Crippen molar-refractivity contribution in [3.8, 4) is 11.3 Å². The molecule has 1 saturated heterocycles. The fourth-order valence-corrected chi connectivity index (χ4v) is 4.21. The van der Waals surface area contributed by atoms with Gasteiger partial charge in [-0.2, -0.15) is 4.31 Å². The number of sulfonamides is 1. The number of benzene rings is 1. The van der Waals surface area contributed by atoms with E-state index in [1.807, 2.05) is 0 Å². The van der Waals surface area contributed by atoms with Crippen LogP contribution < -0.4 is 0 Å². The number of aryl methyl sites for hydroxylation is 1. The first-order valence-electron chi connectivity index (χ1n) is 8.37. The second-order valence-electron chi connectivity index (χ2n) is 6.29. The van der Waals surface area contributed by atoms with Gasteiger partial charge in [0.05, 0.1) is 17.5 Å². The Labute approximate surface area is 167 Å². The van der Waals surface area contributed by atoms with Gasteiger partial charge in [-0.25, -0.2) is 13.4 Å². The highest BCUT2D eigenvalue weighted by atomic mass is 35.5. The third-order valence-electron chi connectivity index (χ3n) is 4.36. The van der Waals surface area contributed by atoms with Crippen molar-refractivity contribution < 1.29 is 17.6 Å². The van der Waals surface area contributed by atoms with Crippen molar-refractivity contribution in [3.63, 3.8) is 0 Å². The minimum Gasteiger partial charge on any atom is -0.441 e. The highest BCUT2D eigenvalue weighted by Crippen LogP contribution is 2.30. The standard InChI is InChI=1S/C17H19Cl2N3O4S/c1-27(24,25)22-8-6-21(7-9-22)17(23)5-4-16-20-11-15(26-16)13-3-2-12(18)10-14(13)19/h2-3,10-11H,4-9H2,1H3. The number of piperazine rings is 1. The lowest BCUT2D eigenvalue weighted by Gasteiger charge is -2.33. The number of carbonyl (C=O) groups excluding carboxylic acids is 1. The van der Waals surface area contributed by atoms with Crippen molar-refractivity contribution in [2.75, 3.05) is 32.4 Å². The molecule has 0 saturated carbocycles. The van der Waals surface area contributed by atoms with E-state index >= 15 is 0 Å². The van der Waals surface area contributed by atoms with E-state index in [9.17, 15) is 13.2 Å². The van der Waals surface area contributed by atoms with Crippen LogP contribution in [0.5, 0.6) is 0 Å². The van der Waals surface area contributed by atoms with Gasteiger partial charge in [0.15, 0.2) is 11.7 Å². The van der Waals surface area contributed by atoms with Crippen molar-refractivity contribution in [3.05, 3.63) is 40.3 Å². The Morgan fingerprint density at radius 2 is 1.93 bits per heavy atom. The van der Waals surface area contributed by atoms with Crippen molar-refractivity contribution in [1.82, 2.24) is 14.2 Å². The zero-order valence-corrected chi connectivity index (χ0v) is 17.0. The Kier molecular flexibility index (Phi) is 6.10. The summed E-state index contributed by atoms with van der Waals surface area (Å²) >= 11 is 12.1. The number of amides is 1. The Hall–Kier alpha value is -1.61. The van der Waals surface area contributed by atoms with Crippen LogP contribution in [0.1, 0.15) is 12.3 Å². The molecule has 1 aromatic heterocycles. The molecular formula is C17H19Cl2N3O4S. The van der Waals surface area contributed by atoms with E-state index in [1.165, 1.54) is 10.6 Å². The van der Waals surface area contributed by atoms with Crippen LogP contribution in [0.2, 0.25) is 10.0 Å². The number of carbonyl (C=O) groups is 1. The second kappa shape index (κ2) is 8.18. The van der Waals surface area contributed by atoms with Gasteiger partial charge < -0.3 is 9.32 Å². The topological polar surface area (TPSA) is 83.7 Å². The molecule has 10 heteroatoms. The van der Waals surface area contributed by atoms with Gasteiger partial charge in [0.1, 0.15) is 0 Å². The SMILES string of the molecule is CS(=O)(=O)N1CCN(C(=O)CCc2ncc(-c3ccc(Cl)cc3Cl)o2)CC1. The molecule has 1 aliphatic rings. The molecule has 1 fully saturated rings. The van der Waals surface area contributed by atoms with E-state index in [0.29, 0.717) is 59.9 Å². The summed E-state index contributed by atoms with van der Waals surface area (Å²) in [6.45, 7) is 1.43. The monoisotopic (exact) mass is 431 g/mol. The maximum Gasteiger partial charge on any atom is 0.223 e. The van der Waals surface area contributed by atoms with E-state index in [2.05, 4.69) is 4.98 Å². The molecule has 0 bridgehead atoms. The predicted molar refractivity (Wildman–Crippen MR) is 103 cm³/mol. The molecule has 0 unspecified atom stereocenters. The van der Waals surface area contributed by atoms with Crippen LogP contribution in [0.25, 0.3) is 11.3 Å². The number of oxazole rings is 1. The molecule has 7 nitrogen and oxygen atoms in total. The van der Waals surface area contributed by atoms with Crippen LogP contribution in [0.15, 0.2) is 28.8 Å². The first kappa shape index (κ1) is 20.1. The minimum absolute atomic E-state index is 0.0487. The fourth-order valence-electron chi connectivity index (χ4n) is 2.88. The van der Waals surface area contributed by atoms with Crippen LogP contribution in [0.4, 0.5) is 0 Å². The molecule has 0 radical (unpaired) electrons. The van der Waals surface area contributed by atoms with Crippen molar-refractivity contribution in [2.45, 2.75) is 12.8 Å². The largest absolute Gasteiger partial charge is 0.441 e. The van der Waals surface area contributed by atoms with Gasteiger partial charge in [-0.1, -0.05) is 23.2 Å². The number of nitrogens with zero attached hydrogens (tertiary/aromatic N) is 3. The number of aromatic nitrogens is 1. The molecule has 27 heavy (non-hydrogen) atoms. The van der Waals surface area contributed by atoms with Crippen LogP contribution in [-0.4, -0.2) is 60.9 Å². The summed E-state index contributed by atoms with van der Waals surface area (Å²) in [6.07, 6.45) is 3.35. The number of halogens is 2. The Morgan fingerprint density at radius 1 is 1.22 bits per heavy atom. The van der Waals surface area contributed by atoms with E-state index in [1.54, 1.807) is 29.3 Å². The zero-order valence-electron chi connectivity index (χ0n) is 14.7. The first-order valence-corrected chi connectivity index (χ1v) is 11.0. The molecule has 1 aromatic carbocycles. The molecule has 1 aliphatic heterocycles. The molecule has 0 spiro atoms. The number of rotatable bonds is 5. The normalized spacial score (nSPS) is 15.9. The first-order chi connectivity index (χ1) is 12.7. The molecule has 0 atom stereocenters. The zero-order chi connectivity index (χ0) is 19.6. The Balaban J connectivity index is 1.55. The summed E-state index contributed by atoms with van der Waals surface area (Å²) in [6, 6.07) is 5.09. The molecule has 0 N–H and O–H groups in total. The number of hydrogen-bond acceptors (Lipinski definition) is 5. The lowest BCUT2D eigenvalue weighted by Crippen LogP contribution is -2.50. The Morgan fingerprint density at radius 3 is 2.56 bits per heavy atom. The van der Waals surface area contributed by atoms with Gasteiger partial charge in [-0.15, -0.1) is 0 Å². The molecular weight excluding hydrogens is 413 g/mol. The third-order valence-corrected chi connectivity index (χ3v) is 6.21. The van der Waals surface area contributed by atoms with Crippen LogP contribution >= 0.6 is 23.2 Å². The van der Waals surface area contributed by atoms with Crippen LogP contribution in [-0.2, 0) is 21.2 Å². The smallest absolute Gasteiger partial charge is 0.223 e. The van der Waals surface area contributed by atoms with E-state index in [4.69, 9.17) is 27.6 Å². The van der Waals surface area contributed by atoms with Crippen molar-refractivity contribution in [2.24, 2.45) is 0 Å². The lowest BCUT2D eigenvalue weighted by atomic mass is 10.2. The van der Waals surface area contributed by atoms with Crippen LogP contribution in [0.3, 0.4) is 0 Å². The molecule has 3 rings (SSSR count). The molecule has 0 aliphatic carbocycles. The molecule has 146 valence electrons. The van der Waals surface area contributed by atoms with Gasteiger partial charge in [0, 0.05) is 49.6 Å². The van der Waals surface area contributed by atoms with Gasteiger partial charge in [-0.05, 0) is 18.2 Å². The van der Waals surface area contributed by atoms with Crippen LogP contribution in [0, 0.1) is 0 Å². The van der Waals surface area contributed by atoms with Crippen molar-refractivity contribution >= 4 is 39.1 Å². The van der Waals surface area contributed by atoms with Gasteiger partial charge in [-0.3, -0.25) is 4.79 Å². The summed E-state index contributed by atoms with van der Waals surface area (Å²) in [5.41, 5.74) is 0.683. The summed E-state index contributed by atoms with van der Waals surface area (Å²) in [5, 5.41) is 0.995. The van der Waals surface area contributed by atoms with Crippen molar-refractivity contribution in [1.29, 1.82) is 0 Å². The van der Waals surface area contributed by atoms with E-state index in [0.717, 1.165) is 0 Å². The van der Waals surface area contributed by atoms with Gasteiger partial charge >= 0.3 is 0 Å². The summed E-state index contributed by atoms with van der Waals surface area (Å²) < 4.78 is 30.1. The number of hydrogen-bond donors (Lipinski definition) is 0. The van der Waals surface area contributed by atoms with Gasteiger partial charge in [0.25, 0.3) is 0 Å². The summed E-state index contributed by atoms with van der Waals surface area (Å²) in [5.74, 6) is 0.910. The average Bonchev–Trinajstić information content (AvgIpc) is 3.07. The fraction of sp³-hybridized carbons (Fsp3) is 0.412. The molecule has 2 aromatic rings. The predicted octanol–water partition coefficient (Wildman–Crippen LogP) is 2.68. The maximum absolute atomic E-state index is 12.3. The lowest BCUT2D eigenvalue weighted by molar-refractivity contribution is -0.132. The summed E-state index contributed by atoms with van der Waals surface area (Å²) in [4.78, 5) is 18.2. The third kappa shape index (κ3) is 5.01. The highest BCUT2D eigenvalue weighted by Gasteiger charge is 2.26. The van der Waals surface area contributed by atoms with E-state index in [-0.39, 0.29) is 12.3 Å². The second-order valence-corrected chi connectivity index (χ2v) is 9.11. The maximum atomic E-state index is 12.3. The molecule has 2 heterocycles. The summed E-state index contributed by atoms with van der Waals surface area (Å²) in [7, 11) is -3.21. The van der Waals surface area contributed by atoms with Gasteiger partial charge in [0.2, 0.25) is 15.9 Å². The minimum atomic E-state index is -3.21. The average molecular weight is 432 g/mol. The Bertz CT molecular complexity index is 937.